The highest BCUT2D eigenvalue weighted by Gasteiger charge is 1.97. The third-order valence-electron chi connectivity index (χ3n) is 1.89. The van der Waals surface area contributed by atoms with Crippen molar-refractivity contribution in [1.29, 1.82) is 0 Å². The molecule has 90 valence electrons. The van der Waals surface area contributed by atoms with Crippen molar-refractivity contribution in [2.45, 2.75) is 0 Å². The lowest BCUT2D eigenvalue weighted by Crippen LogP contribution is -2.11. The Bertz CT molecular complexity index is 271. The number of ether oxygens (including phenoxy) is 2. The fraction of sp³-hybridized carbons (Fsp3) is 0.600. The van der Waals surface area contributed by atoms with Gasteiger partial charge in [0.2, 0.25) is 0 Å². The van der Waals surface area contributed by atoms with Crippen molar-refractivity contribution < 1.29 is 9.47 Å². The molecule has 6 nitrogen and oxygen atoms in total. The molecule has 0 aliphatic heterocycles. The Hall–Kier alpha value is -1.40. The Morgan fingerprint density at radius 3 is 1.94 bits per heavy atom. The van der Waals surface area contributed by atoms with Crippen LogP contribution in [0.3, 0.4) is 0 Å². The lowest BCUT2D eigenvalue weighted by molar-refractivity contribution is 0.210. The summed E-state index contributed by atoms with van der Waals surface area (Å²) in [4.78, 5) is 8.18. The van der Waals surface area contributed by atoms with Gasteiger partial charge in [0.25, 0.3) is 0 Å². The Kier molecular flexibility index (Phi) is 6.20. The number of anilines is 2. The first-order valence-corrected chi connectivity index (χ1v) is 5.14. The second-order valence-corrected chi connectivity index (χ2v) is 3.13. The van der Waals surface area contributed by atoms with E-state index < -0.39 is 0 Å². The fourth-order valence-corrected chi connectivity index (χ4v) is 1.11. The number of aromatic nitrogens is 2. The molecule has 0 fully saturated rings. The minimum absolute atomic E-state index is 0.649. The summed E-state index contributed by atoms with van der Waals surface area (Å²) in [7, 11) is 3.33. The predicted molar refractivity (Wildman–Crippen MR) is 62.8 cm³/mol. The van der Waals surface area contributed by atoms with Gasteiger partial charge in [-0.05, 0) is 0 Å². The molecule has 0 aliphatic rings. The van der Waals surface area contributed by atoms with Gasteiger partial charge in [0, 0.05) is 33.4 Å². The molecule has 0 unspecified atom stereocenters. The maximum absolute atomic E-state index is 4.94. The molecule has 0 amide bonds. The van der Waals surface area contributed by atoms with Gasteiger partial charge in [0.1, 0.15) is 18.0 Å². The van der Waals surface area contributed by atoms with Crippen LogP contribution < -0.4 is 10.6 Å². The number of hydrogen-bond acceptors (Lipinski definition) is 6. The zero-order chi connectivity index (χ0) is 11.6. The summed E-state index contributed by atoms with van der Waals surface area (Å²) < 4.78 is 9.87. The molecule has 0 spiro atoms. The highest BCUT2D eigenvalue weighted by Crippen LogP contribution is 2.07. The average Bonchev–Trinajstić information content (AvgIpc) is 2.30. The monoisotopic (exact) mass is 226 g/mol. The van der Waals surface area contributed by atoms with Crippen molar-refractivity contribution in [3.05, 3.63) is 12.4 Å². The summed E-state index contributed by atoms with van der Waals surface area (Å²) in [6.45, 7) is 2.75. The highest BCUT2D eigenvalue weighted by atomic mass is 16.5. The zero-order valence-corrected chi connectivity index (χ0v) is 9.69. The number of hydrogen-bond donors (Lipinski definition) is 2. The quantitative estimate of drug-likeness (QED) is 0.632. The molecular formula is C10H18N4O2. The molecule has 2 N–H and O–H groups in total. The van der Waals surface area contributed by atoms with Gasteiger partial charge >= 0.3 is 0 Å². The molecule has 0 aromatic carbocycles. The molecule has 6 heteroatoms. The van der Waals surface area contributed by atoms with E-state index in [2.05, 4.69) is 20.6 Å². The average molecular weight is 226 g/mol. The smallest absolute Gasteiger partial charge is 0.131 e. The molecule has 0 atom stereocenters. The van der Waals surface area contributed by atoms with E-state index in [4.69, 9.17) is 9.47 Å². The van der Waals surface area contributed by atoms with E-state index in [1.54, 1.807) is 14.2 Å². The SMILES string of the molecule is COCCNc1cc(NCCOC)ncn1. The first-order valence-electron chi connectivity index (χ1n) is 5.14. The molecule has 1 aromatic rings. The van der Waals surface area contributed by atoms with E-state index in [-0.39, 0.29) is 0 Å². The summed E-state index contributed by atoms with van der Waals surface area (Å²) in [6, 6.07) is 1.85. The van der Waals surface area contributed by atoms with Crippen LogP contribution in [0.5, 0.6) is 0 Å². The Morgan fingerprint density at radius 2 is 1.50 bits per heavy atom. The molecule has 0 bridgehead atoms. The number of nitrogens with zero attached hydrogens (tertiary/aromatic N) is 2. The van der Waals surface area contributed by atoms with Crippen LogP contribution in [-0.4, -0.2) is 50.5 Å². The minimum Gasteiger partial charge on any atom is -0.383 e. The summed E-state index contributed by atoms with van der Waals surface area (Å²) in [6.07, 6.45) is 1.52. The van der Waals surface area contributed by atoms with Crippen LogP contribution in [0, 0.1) is 0 Å². The predicted octanol–water partition coefficient (Wildman–Crippen LogP) is 0.593. The lowest BCUT2D eigenvalue weighted by Gasteiger charge is -2.07. The van der Waals surface area contributed by atoms with Crippen molar-refractivity contribution in [2.75, 3.05) is 51.2 Å². The van der Waals surface area contributed by atoms with Crippen LogP contribution in [0.1, 0.15) is 0 Å². The van der Waals surface area contributed by atoms with Crippen molar-refractivity contribution in [1.82, 2.24) is 9.97 Å². The van der Waals surface area contributed by atoms with E-state index in [1.807, 2.05) is 6.07 Å². The summed E-state index contributed by atoms with van der Waals surface area (Å²) >= 11 is 0. The number of nitrogens with one attached hydrogen (secondary N) is 2. The first-order chi connectivity index (χ1) is 7.86. The van der Waals surface area contributed by atoms with Crippen LogP contribution in [0.2, 0.25) is 0 Å². The van der Waals surface area contributed by atoms with E-state index in [1.165, 1.54) is 6.33 Å². The van der Waals surface area contributed by atoms with Crippen molar-refractivity contribution in [3.8, 4) is 0 Å². The van der Waals surface area contributed by atoms with Gasteiger partial charge in [-0.1, -0.05) is 0 Å². The van der Waals surface area contributed by atoms with E-state index in [9.17, 15) is 0 Å². The third-order valence-corrected chi connectivity index (χ3v) is 1.89. The number of rotatable bonds is 8. The minimum atomic E-state index is 0.649. The molecule has 0 radical (unpaired) electrons. The first kappa shape index (κ1) is 12.7. The topological polar surface area (TPSA) is 68.3 Å². The Labute approximate surface area is 95.4 Å². The molecule has 0 aliphatic carbocycles. The van der Waals surface area contributed by atoms with E-state index in [0.717, 1.165) is 24.7 Å². The third kappa shape index (κ3) is 4.90. The second-order valence-electron chi connectivity index (χ2n) is 3.13. The van der Waals surface area contributed by atoms with Crippen molar-refractivity contribution in [3.63, 3.8) is 0 Å². The van der Waals surface area contributed by atoms with Gasteiger partial charge < -0.3 is 20.1 Å². The highest BCUT2D eigenvalue weighted by molar-refractivity contribution is 5.46. The second kappa shape index (κ2) is 7.84. The van der Waals surface area contributed by atoms with Crippen LogP contribution in [0.15, 0.2) is 12.4 Å². The van der Waals surface area contributed by atoms with Crippen LogP contribution in [0.25, 0.3) is 0 Å². The van der Waals surface area contributed by atoms with Crippen LogP contribution >= 0.6 is 0 Å². The maximum Gasteiger partial charge on any atom is 0.131 e. The lowest BCUT2D eigenvalue weighted by atomic mass is 10.5. The molecule has 0 saturated heterocycles. The maximum atomic E-state index is 4.94. The van der Waals surface area contributed by atoms with Crippen LogP contribution in [0.4, 0.5) is 11.6 Å². The van der Waals surface area contributed by atoms with Crippen molar-refractivity contribution >= 4 is 11.6 Å². The Balaban J connectivity index is 2.37. The molecule has 16 heavy (non-hydrogen) atoms. The number of methoxy groups -OCH3 is 2. The van der Waals surface area contributed by atoms with Gasteiger partial charge in [-0.2, -0.15) is 0 Å². The van der Waals surface area contributed by atoms with Crippen molar-refractivity contribution in [2.24, 2.45) is 0 Å². The fourth-order valence-electron chi connectivity index (χ4n) is 1.11. The van der Waals surface area contributed by atoms with Gasteiger partial charge in [0.15, 0.2) is 0 Å². The molecule has 1 rings (SSSR count). The summed E-state index contributed by atoms with van der Waals surface area (Å²) in [5, 5.41) is 6.26. The van der Waals surface area contributed by atoms with E-state index >= 15 is 0 Å². The van der Waals surface area contributed by atoms with E-state index in [0.29, 0.717) is 13.2 Å². The molecule has 1 aromatic heterocycles. The molecular weight excluding hydrogens is 208 g/mol. The summed E-state index contributed by atoms with van der Waals surface area (Å²) in [5.74, 6) is 1.57. The summed E-state index contributed by atoms with van der Waals surface area (Å²) in [5.41, 5.74) is 0. The zero-order valence-electron chi connectivity index (χ0n) is 9.69. The van der Waals surface area contributed by atoms with Gasteiger partial charge in [-0.25, -0.2) is 9.97 Å². The van der Waals surface area contributed by atoms with Gasteiger partial charge in [0.05, 0.1) is 13.2 Å². The largest absolute Gasteiger partial charge is 0.383 e. The Morgan fingerprint density at radius 1 is 1.00 bits per heavy atom. The van der Waals surface area contributed by atoms with Gasteiger partial charge in [-0.15, -0.1) is 0 Å². The molecule has 0 saturated carbocycles. The van der Waals surface area contributed by atoms with Crippen LogP contribution in [-0.2, 0) is 9.47 Å². The van der Waals surface area contributed by atoms with Gasteiger partial charge in [-0.3, -0.25) is 0 Å². The standard InChI is InChI=1S/C10H18N4O2/c1-15-5-3-11-9-7-10(14-8-13-9)12-4-6-16-2/h7-8H,3-6H2,1-2H3,(H2,11,12,13,14). The normalized spacial score (nSPS) is 10.1. The molecule has 1 heterocycles.